The van der Waals surface area contributed by atoms with Crippen molar-refractivity contribution >= 4 is 28.6 Å². The maximum atomic E-state index is 12.3. The fourth-order valence-corrected chi connectivity index (χ4v) is 2.67. The summed E-state index contributed by atoms with van der Waals surface area (Å²) in [5.41, 5.74) is 7.78. The molecule has 0 radical (unpaired) electrons. The maximum Gasteiger partial charge on any atom is 0.337 e. The Labute approximate surface area is 145 Å². The molecule has 0 saturated carbocycles. The van der Waals surface area contributed by atoms with Gasteiger partial charge in [0.1, 0.15) is 5.58 Å². The molecule has 0 atom stereocenters. The van der Waals surface area contributed by atoms with Gasteiger partial charge in [0, 0.05) is 16.6 Å². The van der Waals surface area contributed by atoms with E-state index in [1.54, 1.807) is 13.0 Å². The summed E-state index contributed by atoms with van der Waals surface area (Å²) in [6, 6.07) is 14.4. The monoisotopic (exact) mass is 337 g/mol. The first kappa shape index (κ1) is 16.6. The second-order valence-electron chi connectivity index (χ2n) is 5.60. The number of benzene rings is 2. The van der Waals surface area contributed by atoms with Gasteiger partial charge in [0.25, 0.3) is 0 Å². The summed E-state index contributed by atoms with van der Waals surface area (Å²) in [6.07, 6.45) is 0.793. The lowest BCUT2D eigenvalue weighted by Crippen LogP contribution is -2.44. The fraction of sp³-hybridized carbons (Fsp3) is 0.158. The molecular formula is C19H19N3O3. The number of fused-ring (bicyclic) bond motifs is 1. The van der Waals surface area contributed by atoms with Gasteiger partial charge in [0.15, 0.2) is 5.76 Å². The highest BCUT2D eigenvalue weighted by Crippen LogP contribution is 2.24. The summed E-state index contributed by atoms with van der Waals surface area (Å²) in [6.45, 7) is 3.81. The van der Waals surface area contributed by atoms with Crippen molar-refractivity contribution in [3.05, 3.63) is 65.4 Å². The Hall–Kier alpha value is -3.28. The van der Waals surface area contributed by atoms with Crippen molar-refractivity contribution in [2.24, 2.45) is 0 Å². The number of anilines is 1. The van der Waals surface area contributed by atoms with E-state index < -0.39 is 11.9 Å². The standard InChI is InChI=1S/C19H19N3O3/c1-3-13-8-4-6-10-15(13)20-19(24)22-21-18(23)17-12(2)14-9-5-7-11-16(14)25-17/h4-11H,3H2,1-2H3,(H,21,23)(H2,20,22,24). The topological polar surface area (TPSA) is 83.4 Å². The molecule has 1 heterocycles. The summed E-state index contributed by atoms with van der Waals surface area (Å²) < 4.78 is 5.56. The highest BCUT2D eigenvalue weighted by molar-refractivity contribution is 6.00. The van der Waals surface area contributed by atoms with E-state index in [-0.39, 0.29) is 5.76 Å². The van der Waals surface area contributed by atoms with E-state index in [1.807, 2.05) is 49.4 Å². The molecule has 0 bridgehead atoms. The van der Waals surface area contributed by atoms with E-state index >= 15 is 0 Å². The van der Waals surface area contributed by atoms with Crippen LogP contribution in [0.2, 0.25) is 0 Å². The Bertz CT molecular complexity index is 931. The molecule has 1 aromatic heterocycles. The molecule has 3 N–H and O–H groups in total. The molecule has 0 fully saturated rings. The summed E-state index contributed by atoms with van der Waals surface area (Å²) in [5, 5.41) is 3.58. The van der Waals surface area contributed by atoms with Gasteiger partial charge >= 0.3 is 11.9 Å². The Balaban J connectivity index is 1.65. The molecule has 6 heteroatoms. The van der Waals surface area contributed by atoms with Gasteiger partial charge < -0.3 is 9.73 Å². The Morgan fingerprint density at radius 1 is 1.00 bits per heavy atom. The molecule has 0 aliphatic heterocycles. The van der Waals surface area contributed by atoms with Crippen molar-refractivity contribution in [2.45, 2.75) is 20.3 Å². The molecule has 0 aliphatic rings. The molecule has 6 nitrogen and oxygen atoms in total. The van der Waals surface area contributed by atoms with Gasteiger partial charge in [0.2, 0.25) is 0 Å². The lowest BCUT2D eigenvalue weighted by molar-refractivity contribution is 0.0911. The SMILES string of the molecule is CCc1ccccc1NC(=O)NNC(=O)c1oc2ccccc2c1C. The number of aryl methyl sites for hydroxylation is 2. The predicted molar refractivity (Wildman–Crippen MR) is 96.4 cm³/mol. The van der Waals surface area contributed by atoms with Crippen molar-refractivity contribution in [1.29, 1.82) is 0 Å². The molecule has 0 aliphatic carbocycles. The van der Waals surface area contributed by atoms with Crippen LogP contribution < -0.4 is 16.2 Å². The fourth-order valence-electron chi connectivity index (χ4n) is 2.67. The van der Waals surface area contributed by atoms with Crippen molar-refractivity contribution in [2.75, 3.05) is 5.32 Å². The number of urea groups is 1. The van der Waals surface area contributed by atoms with E-state index in [0.717, 1.165) is 22.9 Å². The second-order valence-corrected chi connectivity index (χ2v) is 5.60. The largest absolute Gasteiger partial charge is 0.451 e. The molecule has 0 saturated heterocycles. The van der Waals surface area contributed by atoms with Crippen LogP contribution in [0.4, 0.5) is 10.5 Å². The minimum absolute atomic E-state index is 0.176. The number of hydrogen-bond acceptors (Lipinski definition) is 3. The van der Waals surface area contributed by atoms with Crippen LogP contribution in [0.25, 0.3) is 11.0 Å². The number of hydrogen-bond donors (Lipinski definition) is 3. The van der Waals surface area contributed by atoms with Crippen LogP contribution in [-0.4, -0.2) is 11.9 Å². The second kappa shape index (κ2) is 7.09. The van der Waals surface area contributed by atoms with Gasteiger partial charge in [-0.2, -0.15) is 0 Å². The maximum absolute atomic E-state index is 12.3. The number of nitrogens with one attached hydrogen (secondary N) is 3. The van der Waals surface area contributed by atoms with Gasteiger partial charge in [-0.25, -0.2) is 10.2 Å². The van der Waals surface area contributed by atoms with E-state index in [4.69, 9.17) is 4.42 Å². The van der Waals surface area contributed by atoms with Crippen LogP contribution in [0, 0.1) is 6.92 Å². The summed E-state index contributed by atoms with van der Waals surface area (Å²) >= 11 is 0. The number of hydrazine groups is 1. The van der Waals surface area contributed by atoms with Gasteiger partial charge in [-0.15, -0.1) is 0 Å². The number of carbonyl (C=O) groups excluding carboxylic acids is 2. The average molecular weight is 337 g/mol. The Kier molecular flexibility index (Phi) is 4.70. The molecular weight excluding hydrogens is 318 g/mol. The number of rotatable bonds is 3. The Morgan fingerprint density at radius 2 is 1.72 bits per heavy atom. The molecule has 128 valence electrons. The van der Waals surface area contributed by atoms with E-state index in [9.17, 15) is 9.59 Å². The number of amides is 3. The quantitative estimate of drug-likeness (QED) is 0.636. The first-order valence-corrected chi connectivity index (χ1v) is 8.03. The van der Waals surface area contributed by atoms with Crippen LogP contribution in [0.15, 0.2) is 52.9 Å². The highest BCUT2D eigenvalue weighted by Gasteiger charge is 2.17. The third kappa shape index (κ3) is 3.47. The van der Waals surface area contributed by atoms with Crippen molar-refractivity contribution in [3.63, 3.8) is 0 Å². The number of para-hydroxylation sites is 2. The van der Waals surface area contributed by atoms with E-state index in [1.165, 1.54) is 0 Å². The van der Waals surface area contributed by atoms with Crippen molar-refractivity contribution in [3.8, 4) is 0 Å². The van der Waals surface area contributed by atoms with Gasteiger partial charge in [0.05, 0.1) is 0 Å². The predicted octanol–water partition coefficient (Wildman–Crippen LogP) is 3.77. The average Bonchev–Trinajstić information content (AvgIpc) is 2.97. The molecule has 3 aromatic rings. The first-order chi connectivity index (χ1) is 12.1. The zero-order valence-corrected chi connectivity index (χ0v) is 14.1. The minimum atomic E-state index is -0.525. The Morgan fingerprint density at radius 3 is 2.48 bits per heavy atom. The van der Waals surface area contributed by atoms with Crippen LogP contribution in [0.1, 0.15) is 28.6 Å². The zero-order valence-electron chi connectivity index (χ0n) is 14.1. The van der Waals surface area contributed by atoms with E-state index in [2.05, 4.69) is 16.2 Å². The van der Waals surface area contributed by atoms with Crippen LogP contribution >= 0.6 is 0 Å². The van der Waals surface area contributed by atoms with Gasteiger partial charge in [-0.1, -0.05) is 43.3 Å². The first-order valence-electron chi connectivity index (χ1n) is 8.03. The lowest BCUT2D eigenvalue weighted by Gasteiger charge is -2.11. The minimum Gasteiger partial charge on any atom is -0.451 e. The lowest BCUT2D eigenvalue weighted by atomic mass is 10.1. The molecule has 3 rings (SSSR count). The third-order valence-corrected chi connectivity index (χ3v) is 3.99. The van der Waals surface area contributed by atoms with Crippen LogP contribution in [0.3, 0.4) is 0 Å². The normalized spacial score (nSPS) is 10.5. The van der Waals surface area contributed by atoms with Crippen molar-refractivity contribution < 1.29 is 14.0 Å². The molecule has 0 unspecified atom stereocenters. The number of furan rings is 1. The zero-order chi connectivity index (χ0) is 17.8. The number of carbonyl (C=O) groups is 2. The third-order valence-electron chi connectivity index (χ3n) is 3.99. The van der Waals surface area contributed by atoms with Crippen LogP contribution in [0.5, 0.6) is 0 Å². The molecule has 25 heavy (non-hydrogen) atoms. The smallest absolute Gasteiger partial charge is 0.337 e. The summed E-state index contributed by atoms with van der Waals surface area (Å²) in [7, 11) is 0. The van der Waals surface area contributed by atoms with Gasteiger partial charge in [-0.05, 0) is 31.0 Å². The van der Waals surface area contributed by atoms with Crippen molar-refractivity contribution in [1.82, 2.24) is 10.9 Å². The molecule has 3 amide bonds. The molecule has 2 aromatic carbocycles. The van der Waals surface area contributed by atoms with Gasteiger partial charge in [-0.3, -0.25) is 10.2 Å². The van der Waals surface area contributed by atoms with E-state index in [0.29, 0.717) is 11.3 Å². The summed E-state index contributed by atoms with van der Waals surface area (Å²) in [5.74, 6) is -0.330. The van der Waals surface area contributed by atoms with Crippen LogP contribution in [-0.2, 0) is 6.42 Å². The highest BCUT2D eigenvalue weighted by atomic mass is 16.3. The summed E-state index contributed by atoms with van der Waals surface area (Å²) in [4.78, 5) is 24.3. The molecule has 0 spiro atoms.